The lowest BCUT2D eigenvalue weighted by Gasteiger charge is -2.10. The van der Waals surface area contributed by atoms with Gasteiger partial charge in [-0.15, -0.1) is 6.58 Å². The number of carbonyl (C=O) groups is 1. The lowest BCUT2D eigenvalue weighted by molar-refractivity contribution is -0.113. The zero-order chi connectivity index (χ0) is 14.5. The van der Waals surface area contributed by atoms with E-state index in [-0.39, 0.29) is 5.75 Å². The maximum Gasteiger partial charge on any atom is 0.239 e. The Bertz CT molecular complexity index is 578. The molecule has 0 fully saturated rings. The van der Waals surface area contributed by atoms with Gasteiger partial charge < -0.3 is 10.1 Å². The average Bonchev–Trinajstić information content (AvgIpc) is 2.28. The summed E-state index contributed by atoms with van der Waals surface area (Å²) in [5.74, 6) is -0.896. The molecule has 0 atom stereocenters. The fraction of sp³-hybridized carbons (Fsp3) is 0.308. The molecular formula is C13H17NO4S. The Labute approximate surface area is 113 Å². The number of rotatable bonds is 6. The minimum Gasteiger partial charge on any atom is -0.495 e. The van der Waals surface area contributed by atoms with E-state index in [1.807, 2.05) is 13.0 Å². The van der Waals surface area contributed by atoms with Crippen LogP contribution in [0.4, 0.5) is 5.69 Å². The van der Waals surface area contributed by atoms with Gasteiger partial charge in [0.05, 0.1) is 18.6 Å². The fourth-order valence-electron chi connectivity index (χ4n) is 1.54. The highest BCUT2D eigenvalue weighted by Crippen LogP contribution is 2.25. The van der Waals surface area contributed by atoms with Crippen molar-refractivity contribution in [3.05, 3.63) is 36.4 Å². The number of benzene rings is 1. The van der Waals surface area contributed by atoms with Crippen molar-refractivity contribution in [1.82, 2.24) is 0 Å². The largest absolute Gasteiger partial charge is 0.495 e. The number of amides is 1. The maximum absolute atomic E-state index is 11.7. The van der Waals surface area contributed by atoms with Crippen LogP contribution in [-0.2, 0) is 14.6 Å². The molecule has 1 amide bonds. The summed E-state index contributed by atoms with van der Waals surface area (Å²) in [5, 5.41) is 2.54. The Morgan fingerprint density at radius 2 is 2.16 bits per heavy atom. The van der Waals surface area contributed by atoms with Crippen LogP contribution in [-0.4, -0.2) is 32.9 Å². The van der Waals surface area contributed by atoms with Crippen LogP contribution >= 0.6 is 0 Å². The first-order valence-corrected chi connectivity index (χ1v) is 7.46. The summed E-state index contributed by atoms with van der Waals surface area (Å²) < 4.78 is 28.1. The summed E-state index contributed by atoms with van der Waals surface area (Å²) >= 11 is 0. The van der Waals surface area contributed by atoms with Crippen molar-refractivity contribution in [2.75, 3.05) is 23.9 Å². The molecule has 0 aliphatic carbocycles. The van der Waals surface area contributed by atoms with Crippen LogP contribution in [0, 0.1) is 6.92 Å². The Morgan fingerprint density at radius 3 is 2.74 bits per heavy atom. The molecule has 6 heteroatoms. The highest BCUT2D eigenvalue weighted by molar-refractivity contribution is 7.92. The van der Waals surface area contributed by atoms with Crippen LogP contribution < -0.4 is 10.1 Å². The van der Waals surface area contributed by atoms with Gasteiger partial charge in [-0.25, -0.2) is 8.42 Å². The Morgan fingerprint density at radius 1 is 1.47 bits per heavy atom. The van der Waals surface area contributed by atoms with Crippen LogP contribution in [0.1, 0.15) is 5.56 Å². The maximum atomic E-state index is 11.7. The topological polar surface area (TPSA) is 72.5 Å². The normalized spacial score (nSPS) is 10.8. The first-order chi connectivity index (χ1) is 8.88. The van der Waals surface area contributed by atoms with Gasteiger partial charge in [0, 0.05) is 0 Å². The third-order valence-corrected chi connectivity index (χ3v) is 3.80. The predicted octanol–water partition coefficient (Wildman–Crippen LogP) is 1.54. The molecule has 5 nitrogen and oxygen atoms in total. The molecule has 0 aliphatic rings. The highest BCUT2D eigenvalue weighted by atomic mass is 32.2. The Balaban J connectivity index is 2.83. The second kappa shape index (κ2) is 6.38. The van der Waals surface area contributed by atoms with E-state index in [0.29, 0.717) is 11.4 Å². The monoisotopic (exact) mass is 283 g/mol. The van der Waals surface area contributed by atoms with Crippen molar-refractivity contribution < 1.29 is 17.9 Å². The number of hydrogen-bond donors (Lipinski definition) is 1. The summed E-state index contributed by atoms with van der Waals surface area (Å²) in [7, 11) is -1.97. The Kier molecular flexibility index (Phi) is 5.11. The summed E-state index contributed by atoms with van der Waals surface area (Å²) in [5.41, 5.74) is 1.39. The SMILES string of the molecule is C=CCS(=O)(=O)CC(=O)Nc1cc(C)ccc1OC. The fourth-order valence-corrected chi connectivity index (χ4v) is 2.49. The first-order valence-electron chi connectivity index (χ1n) is 5.64. The summed E-state index contributed by atoms with van der Waals surface area (Å²) in [6.07, 6.45) is 1.26. The number of sulfone groups is 1. The molecule has 1 aromatic rings. The van der Waals surface area contributed by atoms with Crippen LogP contribution in [0.5, 0.6) is 5.75 Å². The van der Waals surface area contributed by atoms with E-state index in [4.69, 9.17) is 4.74 Å². The van der Waals surface area contributed by atoms with Crippen molar-refractivity contribution in [1.29, 1.82) is 0 Å². The van der Waals surface area contributed by atoms with Crippen LogP contribution in [0.15, 0.2) is 30.9 Å². The molecule has 0 aromatic heterocycles. The van der Waals surface area contributed by atoms with E-state index in [9.17, 15) is 13.2 Å². The molecule has 0 unspecified atom stereocenters. The van der Waals surface area contributed by atoms with Crippen molar-refractivity contribution in [3.63, 3.8) is 0 Å². The van der Waals surface area contributed by atoms with Gasteiger partial charge in [0.2, 0.25) is 5.91 Å². The van der Waals surface area contributed by atoms with E-state index in [0.717, 1.165) is 5.56 Å². The van der Waals surface area contributed by atoms with E-state index in [1.54, 1.807) is 12.1 Å². The van der Waals surface area contributed by atoms with Gasteiger partial charge in [0.1, 0.15) is 11.5 Å². The number of methoxy groups -OCH3 is 1. The summed E-state index contributed by atoms with van der Waals surface area (Å²) in [6, 6.07) is 5.27. The van der Waals surface area contributed by atoms with E-state index < -0.39 is 21.5 Å². The van der Waals surface area contributed by atoms with Crippen LogP contribution in [0.25, 0.3) is 0 Å². The minimum absolute atomic E-state index is 0.217. The van der Waals surface area contributed by atoms with E-state index in [2.05, 4.69) is 11.9 Å². The smallest absolute Gasteiger partial charge is 0.239 e. The van der Waals surface area contributed by atoms with Crippen molar-refractivity contribution in [3.8, 4) is 5.75 Å². The third kappa shape index (κ3) is 4.75. The Hall–Kier alpha value is -1.82. The van der Waals surface area contributed by atoms with Gasteiger partial charge in [-0.2, -0.15) is 0 Å². The lowest BCUT2D eigenvalue weighted by atomic mass is 10.2. The van der Waals surface area contributed by atoms with Crippen molar-refractivity contribution in [2.45, 2.75) is 6.92 Å². The van der Waals surface area contributed by atoms with Crippen molar-refractivity contribution in [2.24, 2.45) is 0 Å². The summed E-state index contributed by atoms with van der Waals surface area (Å²) in [4.78, 5) is 11.7. The average molecular weight is 283 g/mol. The molecule has 0 aliphatic heterocycles. The quantitative estimate of drug-likeness (QED) is 0.804. The molecule has 0 saturated carbocycles. The lowest BCUT2D eigenvalue weighted by Crippen LogP contribution is -2.24. The molecule has 19 heavy (non-hydrogen) atoms. The zero-order valence-electron chi connectivity index (χ0n) is 11.0. The molecule has 0 saturated heterocycles. The molecular weight excluding hydrogens is 266 g/mol. The number of nitrogens with one attached hydrogen (secondary N) is 1. The number of carbonyl (C=O) groups excluding carboxylic acids is 1. The second-order valence-corrected chi connectivity index (χ2v) is 6.20. The van der Waals surface area contributed by atoms with E-state index in [1.165, 1.54) is 13.2 Å². The van der Waals surface area contributed by atoms with Gasteiger partial charge in [-0.1, -0.05) is 12.1 Å². The van der Waals surface area contributed by atoms with Crippen LogP contribution in [0.2, 0.25) is 0 Å². The molecule has 0 spiro atoms. The number of hydrogen-bond acceptors (Lipinski definition) is 4. The molecule has 1 rings (SSSR count). The number of aryl methyl sites for hydroxylation is 1. The first kappa shape index (κ1) is 15.2. The van der Waals surface area contributed by atoms with E-state index >= 15 is 0 Å². The highest BCUT2D eigenvalue weighted by Gasteiger charge is 2.16. The summed E-state index contributed by atoms with van der Waals surface area (Å²) in [6.45, 7) is 5.21. The standard InChI is InChI=1S/C13H17NO4S/c1-4-7-19(16,17)9-13(15)14-11-8-10(2)5-6-12(11)18-3/h4-6,8H,1,7,9H2,2-3H3,(H,14,15). The molecule has 104 valence electrons. The van der Waals surface area contributed by atoms with Gasteiger partial charge in [0.15, 0.2) is 9.84 Å². The van der Waals surface area contributed by atoms with Gasteiger partial charge >= 0.3 is 0 Å². The third-order valence-electron chi connectivity index (χ3n) is 2.35. The van der Waals surface area contributed by atoms with Crippen molar-refractivity contribution >= 4 is 21.4 Å². The molecule has 1 N–H and O–H groups in total. The molecule has 0 radical (unpaired) electrons. The van der Waals surface area contributed by atoms with Gasteiger partial charge in [-0.3, -0.25) is 4.79 Å². The second-order valence-electron chi connectivity index (χ2n) is 4.10. The van der Waals surface area contributed by atoms with Gasteiger partial charge in [0.25, 0.3) is 0 Å². The minimum atomic E-state index is -3.45. The number of ether oxygens (including phenoxy) is 1. The van der Waals surface area contributed by atoms with Crippen LogP contribution in [0.3, 0.4) is 0 Å². The zero-order valence-corrected chi connectivity index (χ0v) is 11.8. The molecule has 1 aromatic carbocycles. The molecule has 0 bridgehead atoms. The van der Waals surface area contributed by atoms with Gasteiger partial charge in [-0.05, 0) is 24.6 Å². The molecule has 0 heterocycles. The predicted molar refractivity (Wildman–Crippen MR) is 75.2 cm³/mol. The number of anilines is 1.